The number of rotatable bonds is 12. The number of hydrogen-bond donors (Lipinski definition) is 3. The highest BCUT2D eigenvalue weighted by Crippen LogP contribution is 2.27. The van der Waals surface area contributed by atoms with E-state index in [-0.39, 0.29) is 32.0 Å². The molecule has 3 aromatic rings. The van der Waals surface area contributed by atoms with Crippen LogP contribution in [0.2, 0.25) is 0 Å². The molecule has 0 radical (unpaired) electrons. The van der Waals surface area contributed by atoms with Crippen molar-refractivity contribution in [3.8, 4) is 0 Å². The van der Waals surface area contributed by atoms with Gasteiger partial charge >= 0.3 is 6.09 Å². The minimum absolute atomic E-state index is 0. The summed E-state index contributed by atoms with van der Waals surface area (Å²) in [5, 5.41) is 7.76. The summed E-state index contributed by atoms with van der Waals surface area (Å²) in [5.74, 6) is -3.46. The molecule has 266 valence electrons. The summed E-state index contributed by atoms with van der Waals surface area (Å²) in [7, 11) is 0. The summed E-state index contributed by atoms with van der Waals surface area (Å²) in [6.45, 7) is 8.88. The van der Waals surface area contributed by atoms with E-state index < -0.39 is 58.7 Å². The first kappa shape index (κ1) is 38.6. The van der Waals surface area contributed by atoms with Crippen LogP contribution < -0.4 is 16.0 Å². The highest BCUT2D eigenvalue weighted by Gasteiger charge is 2.35. The lowest BCUT2D eigenvalue weighted by Crippen LogP contribution is -2.59. The summed E-state index contributed by atoms with van der Waals surface area (Å²) >= 11 is 0. The van der Waals surface area contributed by atoms with Gasteiger partial charge in [0, 0.05) is 30.9 Å². The van der Waals surface area contributed by atoms with Crippen molar-refractivity contribution in [3.63, 3.8) is 0 Å². The van der Waals surface area contributed by atoms with Gasteiger partial charge in [-0.25, -0.2) is 18.6 Å². The molecule has 49 heavy (non-hydrogen) atoms. The molecule has 0 bridgehead atoms. The minimum atomic E-state index is -1.48. The predicted molar refractivity (Wildman–Crippen MR) is 179 cm³/mol. The number of likely N-dealkylation sites (tertiary alicyclic amines) is 1. The lowest BCUT2D eigenvalue weighted by Gasteiger charge is -2.29. The number of aromatic nitrogens is 2. The van der Waals surface area contributed by atoms with Gasteiger partial charge in [0.05, 0.1) is 19.5 Å². The van der Waals surface area contributed by atoms with Crippen LogP contribution in [0.15, 0.2) is 61.1 Å². The maximum absolute atomic E-state index is 15.0. The fourth-order valence-electron chi connectivity index (χ4n) is 5.02. The van der Waals surface area contributed by atoms with Crippen LogP contribution in [0.3, 0.4) is 0 Å². The fraction of sp³-hybridized carbons (Fsp3) is 0.457. The second kappa shape index (κ2) is 16.5. The number of carbonyl (C=O) groups is 4. The molecule has 1 aliphatic heterocycles. The number of nitrogens with zero attached hydrogens (tertiary/aromatic N) is 3. The molecule has 2 heterocycles. The molecule has 0 saturated carbocycles. The number of benzene rings is 2. The molecule has 1 aromatic heterocycles. The predicted octanol–water partition coefficient (Wildman–Crippen LogP) is 4.95. The first-order chi connectivity index (χ1) is 22.6. The summed E-state index contributed by atoms with van der Waals surface area (Å²) in [4.78, 5) is 58.7. The van der Waals surface area contributed by atoms with Gasteiger partial charge in [0.15, 0.2) is 5.82 Å². The first-order valence-corrected chi connectivity index (χ1v) is 15.6. The average Bonchev–Trinajstić information content (AvgIpc) is 3.70. The Morgan fingerprint density at radius 2 is 1.65 bits per heavy atom. The van der Waals surface area contributed by atoms with Gasteiger partial charge in [-0.05, 0) is 59.1 Å². The van der Waals surface area contributed by atoms with E-state index >= 15 is 0 Å². The third-order valence-electron chi connectivity index (χ3n) is 7.46. The van der Waals surface area contributed by atoms with E-state index in [9.17, 15) is 28.0 Å². The molecule has 2 atom stereocenters. The largest absolute Gasteiger partial charge is 0.444 e. The van der Waals surface area contributed by atoms with E-state index in [1.54, 1.807) is 25.7 Å². The number of imidazole rings is 1. The minimum Gasteiger partial charge on any atom is -0.444 e. The first-order valence-electron chi connectivity index (χ1n) is 15.6. The maximum Gasteiger partial charge on any atom is 0.408 e. The second-order valence-corrected chi connectivity index (χ2v) is 13.1. The lowest BCUT2D eigenvalue weighted by atomic mass is 10.0. The molecule has 12 nitrogen and oxygen atoms in total. The zero-order chi connectivity index (χ0) is 35.1. The molecule has 4 rings (SSSR count). The van der Waals surface area contributed by atoms with Gasteiger partial charge in [-0.15, -0.1) is 0 Å². The zero-order valence-corrected chi connectivity index (χ0v) is 27.7. The molecule has 1 unspecified atom stereocenters. The van der Waals surface area contributed by atoms with Crippen molar-refractivity contribution in [2.24, 2.45) is 0 Å². The van der Waals surface area contributed by atoms with Gasteiger partial charge < -0.3 is 34.9 Å². The summed E-state index contributed by atoms with van der Waals surface area (Å²) in [6, 6.07) is 9.77. The molecule has 0 spiro atoms. The number of halogens is 2. The van der Waals surface area contributed by atoms with Crippen molar-refractivity contribution >= 4 is 29.6 Å². The Morgan fingerprint density at radius 1 is 0.980 bits per heavy atom. The number of nitrogens with one attached hydrogen (secondary N) is 3. The SMILES string of the molecule is C.CC(C)(C)OC(=O)NC(C)(C)C(=O)N[C@H](COCc1ccccc1)C(=O)Nc1cn(C(C(=O)N2CCCC2)c2ccc(F)cc2F)cn1. The quantitative estimate of drug-likeness (QED) is 0.245. The summed E-state index contributed by atoms with van der Waals surface area (Å²) in [6.07, 6.45) is 3.42. The smallest absolute Gasteiger partial charge is 0.408 e. The Labute approximate surface area is 285 Å². The molecule has 4 amide bonds. The molecule has 14 heteroatoms. The molecule has 2 aromatic carbocycles. The average molecular weight is 685 g/mol. The van der Waals surface area contributed by atoms with E-state index in [2.05, 4.69) is 20.9 Å². The van der Waals surface area contributed by atoms with Gasteiger partial charge in [0.25, 0.3) is 5.91 Å². The number of anilines is 1. The van der Waals surface area contributed by atoms with Gasteiger partial charge in [-0.3, -0.25) is 14.4 Å². The molecule has 3 N–H and O–H groups in total. The van der Waals surface area contributed by atoms with Crippen LogP contribution in [0, 0.1) is 11.6 Å². The third kappa shape index (κ3) is 10.8. The highest BCUT2D eigenvalue weighted by molar-refractivity contribution is 5.98. The summed E-state index contributed by atoms with van der Waals surface area (Å²) in [5.41, 5.74) is -1.49. The van der Waals surface area contributed by atoms with Gasteiger partial charge in [-0.1, -0.05) is 43.8 Å². The topological polar surface area (TPSA) is 144 Å². The van der Waals surface area contributed by atoms with Gasteiger partial charge in [0.2, 0.25) is 11.8 Å². The third-order valence-corrected chi connectivity index (χ3v) is 7.46. The van der Waals surface area contributed by atoms with Crippen LogP contribution in [-0.2, 0) is 30.5 Å². The molecule has 0 aliphatic carbocycles. The Morgan fingerprint density at radius 3 is 2.29 bits per heavy atom. The van der Waals surface area contributed by atoms with Crippen LogP contribution in [-0.4, -0.2) is 75.1 Å². The van der Waals surface area contributed by atoms with E-state index in [0.29, 0.717) is 19.2 Å². The van der Waals surface area contributed by atoms with Crippen molar-refractivity contribution < 1.29 is 37.4 Å². The summed E-state index contributed by atoms with van der Waals surface area (Å²) < 4.78 is 41.1. The number of hydrogen-bond acceptors (Lipinski definition) is 7. The molecular formula is C35H46F2N6O6. The number of amides is 4. The van der Waals surface area contributed by atoms with E-state index in [1.807, 2.05) is 30.3 Å². The Kier molecular flexibility index (Phi) is 13.0. The van der Waals surface area contributed by atoms with Crippen LogP contribution in [0.25, 0.3) is 0 Å². The normalized spacial score (nSPS) is 14.3. The van der Waals surface area contributed by atoms with Crippen LogP contribution in [0.4, 0.5) is 19.4 Å². The highest BCUT2D eigenvalue weighted by atomic mass is 19.1. The van der Waals surface area contributed by atoms with Crippen LogP contribution in [0.5, 0.6) is 0 Å². The van der Waals surface area contributed by atoms with Crippen molar-refractivity contribution in [2.45, 2.75) is 84.7 Å². The molecule has 1 aliphatic rings. The van der Waals surface area contributed by atoms with E-state index in [1.165, 1.54) is 37.0 Å². The van der Waals surface area contributed by atoms with Crippen LogP contribution in [0.1, 0.15) is 72.1 Å². The van der Waals surface area contributed by atoms with Crippen molar-refractivity contribution in [3.05, 3.63) is 83.8 Å². The van der Waals surface area contributed by atoms with Crippen molar-refractivity contribution in [1.82, 2.24) is 25.1 Å². The Balaban J connectivity index is 0.00000650. The van der Waals surface area contributed by atoms with Crippen molar-refractivity contribution in [2.75, 3.05) is 25.0 Å². The second-order valence-electron chi connectivity index (χ2n) is 13.1. The molecule has 1 saturated heterocycles. The monoisotopic (exact) mass is 684 g/mol. The van der Waals surface area contributed by atoms with E-state index in [4.69, 9.17) is 9.47 Å². The number of ether oxygens (including phenoxy) is 2. The number of carbonyl (C=O) groups excluding carboxylic acids is 4. The Hall–Kier alpha value is -4.85. The zero-order valence-electron chi connectivity index (χ0n) is 27.7. The number of alkyl carbamates (subject to hydrolysis) is 1. The standard InChI is InChI=1S/C34H42F2N6O6.CH4/c1-33(2,3)48-32(46)40-34(4,5)31(45)38-26(20-47-19-22-11-7-6-8-12-22)29(43)39-27-18-42(21-37-27)28(30(44)41-15-9-10-16-41)24-14-13-23(35)17-25(24)36;/h6-8,11-14,17-18,21,26,28H,9-10,15-16,19-20H2,1-5H3,(H,38,45)(H,39,43)(H,40,46);1H4/t26-,28?;/m1./s1. The van der Waals surface area contributed by atoms with Gasteiger partial charge in [0.1, 0.15) is 34.9 Å². The molecule has 1 fully saturated rings. The Bertz CT molecular complexity index is 1600. The van der Waals surface area contributed by atoms with Crippen LogP contribution >= 0.6 is 0 Å². The lowest BCUT2D eigenvalue weighted by molar-refractivity contribution is -0.132. The fourth-order valence-corrected chi connectivity index (χ4v) is 5.02. The van der Waals surface area contributed by atoms with Crippen molar-refractivity contribution in [1.29, 1.82) is 0 Å². The maximum atomic E-state index is 15.0. The molecular weight excluding hydrogens is 638 g/mol. The van der Waals surface area contributed by atoms with Gasteiger partial charge in [-0.2, -0.15) is 0 Å². The van der Waals surface area contributed by atoms with E-state index in [0.717, 1.165) is 24.5 Å².